The molecule has 6 atom stereocenters. The fourth-order valence-electron chi connectivity index (χ4n) is 11.9. The number of carboxylic acid groups (broad SMARTS) is 1. The number of hydrogen-bond donors (Lipinski definition) is 1. The van der Waals surface area contributed by atoms with Crippen LogP contribution in [0.15, 0.2) is 0 Å². The average molecular weight is 885 g/mol. The van der Waals surface area contributed by atoms with Gasteiger partial charge in [0.25, 0.3) is 0 Å². The largest absolute Gasteiger partial charge is 0.487 e. The van der Waals surface area contributed by atoms with Crippen molar-refractivity contribution in [3.05, 3.63) is 55.6 Å². The third-order valence-corrected chi connectivity index (χ3v) is 16.8. The molecule has 0 amide bonds. The van der Waals surface area contributed by atoms with Crippen LogP contribution in [0.4, 0.5) is 0 Å². The molecule has 2 aliphatic rings. The highest BCUT2D eigenvalue weighted by Crippen LogP contribution is 2.49. The molecule has 0 saturated carbocycles. The summed E-state index contributed by atoms with van der Waals surface area (Å²) in [5.41, 5.74) is 10.5. The molecule has 4 rings (SSSR count). The molecule has 0 radical (unpaired) electrons. The number of hydrogen-bond acceptors (Lipinski definition) is 3. The first-order chi connectivity index (χ1) is 30.1. The molecule has 2 aliphatic heterocycles. The first-order valence-electron chi connectivity index (χ1n) is 26.9. The Kier molecular flexibility index (Phi) is 20.7. The Morgan fingerprint density at radius 2 is 0.766 bits per heavy atom. The maximum atomic E-state index is 13.7. The van der Waals surface area contributed by atoms with E-state index in [1.807, 2.05) is 0 Å². The molecule has 4 heteroatoms. The van der Waals surface area contributed by atoms with Gasteiger partial charge in [0.05, 0.1) is 0 Å². The van der Waals surface area contributed by atoms with E-state index in [0.717, 1.165) is 130 Å². The second kappa shape index (κ2) is 24.5. The molecule has 4 nitrogen and oxygen atoms in total. The van der Waals surface area contributed by atoms with Crippen molar-refractivity contribution in [3.8, 4) is 11.5 Å². The predicted octanol–water partition coefficient (Wildman–Crippen LogP) is 17.8. The van der Waals surface area contributed by atoms with Crippen molar-refractivity contribution in [2.45, 2.75) is 269 Å². The summed E-state index contributed by atoms with van der Waals surface area (Å²) in [4.78, 5) is 13.7. The lowest BCUT2D eigenvalue weighted by molar-refractivity contribution is -0.137. The molecule has 0 bridgehead atoms. The van der Waals surface area contributed by atoms with E-state index in [4.69, 9.17) is 9.47 Å². The van der Waals surface area contributed by atoms with Crippen LogP contribution in [0.1, 0.15) is 259 Å². The van der Waals surface area contributed by atoms with Gasteiger partial charge in [-0.05, 0) is 198 Å². The minimum absolute atomic E-state index is 0.199. The molecule has 0 fully saturated rings. The van der Waals surface area contributed by atoms with Gasteiger partial charge in [-0.2, -0.15) is 0 Å². The lowest BCUT2D eigenvalue weighted by Crippen LogP contribution is -2.38. The summed E-state index contributed by atoms with van der Waals surface area (Å²) in [5, 5.41) is 11.2. The molecular weight excluding hydrogens is 785 g/mol. The zero-order valence-corrected chi connectivity index (χ0v) is 44.8. The molecule has 0 saturated heterocycles. The van der Waals surface area contributed by atoms with Crippen molar-refractivity contribution < 1.29 is 19.4 Å². The highest BCUT2D eigenvalue weighted by Gasteiger charge is 2.40. The predicted molar refractivity (Wildman–Crippen MR) is 275 cm³/mol. The number of fused-ring (bicyclic) bond motifs is 2. The van der Waals surface area contributed by atoms with Crippen molar-refractivity contribution in [1.82, 2.24) is 0 Å². The Morgan fingerprint density at radius 1 is 0.469 bits per heavy atom. The van der Waals surface area contributed by atoms with Gasteiger partial charge in [-0.3, -0.25) is 4.79 Å². The zero-order valence-electron chi connectivity index (χ0n) is 44.8. The van der Waals surface area contributed by atoms with Crippen LogP contribution in [0.5, 0.6) is 11.5 Å². The van der Waals surface area contributed by atoms with Crippen molar-refractivity contribution in [2.24, 2.45) is 35.5 Å². The quantitative estimate of drug-likeness (QED) is 0.0971. The summed E-state index contributed by atoms with van der Waals surface area (Å²) < 4.78 is 14.1. The number of carbonyl (C=O) groups is 1. The molecule has 64 heavy (non-hydrogen) atoms. The highest BCUT2D eigenvalue weighted by atomic mass is 16.5. The Bertz CT molecular complexity index is 1680. The molecule has 0 aromatic heterocycles. The maximum Gasteiger partial charge on any atom is 0.315 e. The number of rotatable bonds is 27. The summed E-state index contributed by atoms with van der Waals surface area (Å²) in [7, 11) is 0. The average Bonchev–Trinajstić information content (AvgIpc) is 3.21. The summed E-state index contributed by atoms with van der Waals surface area (Å²) in [6.45, 7) is 36.7. The molecule has 0 aliphatic carbocycles. The number of carboxylic acids is 1. The van der Waals surface area contributed by atoms with E-state index in [9.17, 15) is 9.90 Å². The van der Waals surface area contributed by atoms with Crippen LogP contribution in [0.3, 0.4) is 0 Å². The van der Waals surface area contributed by atoms with Crippen LogP contribution < -0.4 is 9.47 Å². The van der Waals surface area contributed by atoms with E-state index in [0.29, 0.717) is 0 Å². The minimum Gasteiger partial charge on any atom is -0.487 e. The van der Waals surface area contributed by atoms with E-state index in [1.54, 1.807) is 0 Å². The third-order valence-electron chi connectivity index (χ3n) is 16.8. The summed E-state index contributed by atoms with van der Waals surface area (Å²) >= 11 is 0. The lowest BCUT2D eigenvalue weighted by Gasteiger charge is -2.40. The third kappa shape index (κ3) is 14.8. The number of aliphatic carboxylic acids is 1. The first-order valence-corrected chi connectivity index (χ1v) is 26.9. The fraction of sp³-hybridized carbons (Fsp3) is 0.783. The monoisotopic (exact) mass is 885 g/mol. The molecular formula is C60H100O4. The molecule has 364 valence electrons. The van der Waals surface area contributed by atoms with E-state index in [-0.39, 0.29) is 11.2 Å². The Balaban J connectivity index is 1.41. The van der Waals surface area contributed by atoms with Crippen LogP contribution in [0.2, 0.25) is 0 Å². The van der Waals surface area contributed by atoms with E-state index >= 15 is 0 Å². The summed E-state index contributed by atoms with van der Waals surface area (Å²) in [6.07, 6.45) is 27.1. The van der Waals surface area contributed by atoms with E-state index in [1.165, 1.54) is 114 Å². The summed E-state index contributed by atoms with van der Waals surface area (Å²) in [5.74, 6) is 5.31. The second-order valence-electron chi connectivity index (χ2n) is 23.8. The maximum absolute atomic E-state index is 13.7. The first kappa shape index (κ1) is 54.1. The van der Waals surface area contributed by atoms with Crippen molar-refractivity contribution >= 4 is 5.97 Å². The van der Waals surface area contributed by atoms with Gasteiger partial charge in [-0.25, -0.2) is 0 Å². The lowest BCUT2D eigenvalue weighted by atomic mass is 9.74. The van der Waals surface area contributed by atoms with Crippen molar-refractivity contribution in [2.75, 3.05) is 0 Å². The number of benzene rings is 2. The van der Waals surface area contributed by atoms with Crippen LogP contribution >= 0.6 is 0 Å². The normalized spacial score (nSPS) is 20.5. The van der Waals surface area contributed by atoms with Gasteiger partial charge in [0, 0.05) is 0 Å². The fourth-order valence-corrected chi connectivity index (χ4v) is 11.9. The van der Waals surface area contributed by atoms with Gasteiger partial charge in [0.1, 0.15) is 28.6 Å². The molecule has 2 aromatic carbocycles. The SMILES string of the molecule is Cc1c(C)c(C(C(=O)O)c2c(C)c(C)c3c(c2C)CC[C@@](C)(CCC[C@H](C)CCC[C@H](C)CCCC(C)C)O3)c(C)c2c1O[C@](C)(CCC[C@H](C)CCC[C@H](C)CCCC(C)C)CC2. The topological polar surface area (TPSA) is 55.8 Å². The van der Waals surface area contributed by atoms with Gasteiger partial charge in [0.2, 0.25) is 0 Å². The Labute approximate surface area is 395 Å². The van der Waals surface area contributed by atoms with Gasteiger partial charge >= 0.3 is 5.97 Å². The molecule has 0 spiro atoms. The minimum atomic E-state index is -0.774. The van der Waals surface area contributed by atoms with Crippen LogP contribution in [-0.2, 0) is 17.6 Å². The van der Waals surface area contributed by atoms with E-state index in [2.05, 4.69) is 111 Å². The smallest absolute Gasteiger partial charge is 0.315 e. The number of ether oxygens (including phenoxy) is 2. The standard InChI is InChI=1S/C60H100O4/c1-39(2)23-17-25-41(5)27-19-29-43(7)31-21-35-59(15)37-33-51-49(13)53(45(9)47(11)56(51)63-59)55(58(61)62)54-46(10)48(12)57-52(50(54)14)34-38-60(16,64-57)36-22-32-44(8)30-20-28-42(6)26-18-24-40(3)4/h39-44,55H,17-38H2,1-16H3,(H,61,62)/t41-,42-,43-,44-,59-,60-/m1/s1. The zero-order chi connectivity index (χ0) is 47.5. The second-order valence-corrected chi connectivity index (χ2v) is 23.8. The van der Waals surface area contributed by atoms with E-state index < -0.39 is 11.9 Å². The van der Waals surface area contributed by atoms with Gasteiger partial charge < -0.3 is 14.6 Å². The van der Waals surface area contributed by atoms with Gasteiger partial charge in [-0.15, -0.1) is 0 Å². The van der Waals surface area contributed by atoms with Crippen LogP contribution in [-0.4, -0.2) is 22.3 Å². The van der Waals surface area contributed by atoms with Crippen LogP contribution in [0.25, 0.3) is 0 Å². The molecule has 2 heterocycles. The van der Waals surface area contributed by atoms with Crippen molar-refractivity contribution in [1.29, 1.82) is 0 Å². The van der Waals surface area contributed by atoms with Gasteiger partial charge in [0.15, 0.2) is 0 Å². The van der Waals surface area contributed by atoms with Crippen LogP contribution in [0, 0.1) is 77.0 Å². The summed E-state index contributed by atoms with van der Waals surface area (Å²) in [6, 6.07) is 0. The molecule has 0 unspecified atom stereocenters. The van der Waals surface area contributed by atoms with Crippen molar-refractivity contribution in [3.63, 3.8) is 0 Å². The molecule has 1 N–H and O–H groups in total. The highest BCUT2D eigenvalue weighted by molar-refractivity contribution is 5.84. The van der Waals surface area contributed by atoms with Gasteiger partial charge in [-0.1, -0.05) is 145 Å². The molecule has 2 aromatic rings. The Hall–Kier alpha value is -2.49. The Morgan fingerprint density at radius 3 is 1.06 bits per heavy atom.